The third-order valence-electron chi connectivity index (χ3n) is 4.52. The van der Waals surface area contributed by atoms with E-state index in [1.807, 2.05) is 0 Å². The summed E-state index contributed by atoms with van der Waals surface area (Å²) in [5, 5.41) is 15.1. The number of carbonyl (C=O) groups is 1. The molecule has 0 radical (unpaired) electrons. The topological polar surface area (TPSA) is 96.2 Å². The maximum atomic E-state index is 12.9. The molecule has 0 unspecified atom stereocenters. The quantitative estimate of drug-likeness (QED) is 0.490. The number of benzene rings is 2. The number of hydrogen-bond donors (Lipinski definition) is 2. The third kappa shape index (κ3) is 2.97. The Labute approximate surface area is 164 Å². The minimum Gasteiger partial charge on any atom is -0.507 e. The van der Waals surface area contributed by atoms with E-state index in [0.29, 0.717) is 38.5 Å². The molecule has 2 heterocycles. The van der Waals surface area contributed by atoms with Crippen molar-refractivity contribution in [1.82, 2.24) is 10.1 Å². The highest BCUT2D eigenvalue weighted by Gasteiger charge is 2.21. The van der Waals surface area contributed by atoms with Gasteiger partial charge in [0.15, 0.2) is 11.5 Å². The number of ketones is 1. The van der Waals surface area contributed by atoms with Gasteiger partial charge in [-0.2, -0.15) is 0 Å². The molecule has 0 spiro atoms. The first-order valence-corrected chi connectivity index (χ1v) is 8.86. The van der Waals surface area contributed by atoms with E-state index >= 15 is 0 Å². The number of phenols is 1. The Morgan fingerprint density at radius 2 is 1.93 bits per heavy atom. The molecule has 0 saturated carbocycles. The van der Waals surface area contributed by atoms with Crippen molar-refractivity contribution in [2.75, 3.05) is 0 Å². The lowest BCUT2D eigenvalue weighted by atomic mass is 9.93. The zero-order chi connectivity index (χ0) is 20.0. The third-order valence-corrected chi connectivity index (χ3v) is 4.75. The van der Waals surface area contributed by atoms with E-state index in [9.17, 15) is 14.7 Å². The molecule has 140 valence electrons. The normalized spacial score (nSPS) is 11.1. The van der Waals surface area contributed by atoms with Crippen LogP contribution in [0.15, 0.2) is 51.8 Å². The van der Waals surface area contributed by atoms with Crippen LogP contribution in [0.5, 0.6) is 5.75 Å². The Hall–Kier alpha value is -3.38. The number of nitrogens with one attached hydrogen (secondary N) is 1. The van der Waals surface area contributed by atoms with Gasteiger partial charge in [0.05, 0.1) is 16.8 Å². The Morgan fingerprint density at radius 3 is 2.61 bits per heavy atom. The second-order valence-electron chi connectivity index (χ2n) is 6.51. The molecule has 6 nitrogen and oxygen atoms in total. The van der Waals surface area contributed by atoms with Gasteiger partial charge in [-0.1, -0.05) is 22.8 Å². The molecule has 7 heteroatoms. The van der Waals surface area contributed by atoms with Crippen molar-refractivity contribution in [3.8, 4) is 28.2 Å². The van der Waals surface area contributed by atoms with E-state index in [1.165, 1.54) is 13.0 Å². The average Bonchev–Trinajstić information content (AvgIpc) is 3.07. The maximum Gasteiger partial charge on any atom is 0.260 e. The highest BCUT2D eigenvalue weighted by molar-refractivity contribution is 6.31. The summed E-state index contributed by atoms with van der Waals surface area (Å²) >= 11 is 6.21. The average molecular weight is 395 g/mol. The number of Topliss-reactive ketones (excluding diaryl/α,β-unsaturated/α-hetero) is 1. The van der Waals surface area contributed by atoms with Crippen LogP contribution < -0.4 is 5.56 Å². The van der Waals surface area contributed by atoms with Gasteiger partial charge >= 0.3 is 0 Å². The molecule has 0 amide bonds. The summed E-state index contributed by atoms with van der Waals surface area (Å²) in [5.74, 6) is -0.114. The Balaban J connectivity index is 2.16. The lowest BCUT2D eigenvalue weighted by molar-refractivity contribution is 0.101. The summed E-state index contributed by atoms with van der Waals surface area (Å²) in [6, 6.07) is 11.4. The summed E-state index contributed by atoms with van der Waals surface area (Å²) in [6.45, 7) is 3.12. The van der Waals surface area contributed by atoms with Crippen molar-refractivity contribution in [2.24, 2.45) is 0 Å². The predicted molar refractivity (Wildman–Crippen MR) is 107 cm³/mol. The molecule has 0 saturated heterocycles. The van der Waals surface area contributed by atoms with Crippen LogP contribution in [0.3, 0.4) is 0 Å². The number of aryl methyl sites for hydroxylation is 1. The zero-order valence-corrected chi connectivity index (χ0v) is 15.8. The molecular formula is C21H15ClN2O4. The van der Waals surface area contributed by atoms with E-state index in [-0.39, 0.29) is 28.2 Å². The first kappa shape index (κ1) is 18.0. The van der Waals surface area contributed by atoms with E-state index in [2.05, 4.69) is 10.1 Å². The molecule has 0 bridgehead atoms. The number of rotatable bonds is 3. The Morgan fingerprint density at radius 1 is 1.14 bits per heavy atom. The minimum absolute atomic E-state index is 0.125. The first-order chi connectivity index (χ1) is 13.3. The van der Waals surface area contributed by atoms with Gasteiger partial charge in [0, 0.05) is 27.6 Å². The van der Waals surface area contributed by atoms with Crippen molar-refractivity contribution in [3.63, 3.8) is 0 Å². The molecule has 0 fully saturated rings. The van der Waals surface area contributed by atoms with Gasteiger partial charge in [0.1, 0.15) is 5.75 Å². The molecular weight excluding hydrogens is 380 g/mol. The molecule has 2 aromatic heterocycles. The largest absolute Gasteiger partial charge is 0.507 e. The molecule has 4 rings (SSSR count). The number of aromatic hydroxyl groups is 1. The summed E-state index contributed by atoms with van der Waals surface area (Å²) in [7, 11) is 0. The van der Waals surface area contributed by atoms with E-state index in [4.69, 9.17) is 16.1 Å². The highest BCUT2D eigenvalue weighted by Crippen LogP contribution is 2.38. The minimum atomic E-state index is -0.363. The Kier molecular flexibility index (Phi) is 4.28. The lowest BCUT2D eigenvalue weighted by Gasteiger charge is -2.13. The molecule has 0 aliphatic carbocycles. The molecule has 0 aliphatic rings. The fourth-order valence-electron chi connectivity index (χ4n) is 3.26. The van der Waals surface area contributed by atoms with Crippen molar-refractivity contribution in [3.05, 3.63) is 69.1 Å². The van der Waals surface area contributed by atoms with E-state index in [0.717, 1.165) is 0 Å². The number of halogens is 1. The number of fused-ring (bicyclic) bond motifs is 1. The summed E-state index contributed by atoms with van der Waals surface area (Å²) < 4.78 is 5.35. The van der Waals surface area contributed by atoms with E-state index < -0.39 is 0 Å². The van der Waals surface area contributed by atoms with Crippen molar-refractivity contribution in [1.29, 1.82) is 0 Å². The molecule has 28 heavy (non-hydrogen) atoms. The number of hydrogen-bond acceptors (Lipinski definition) is 5. The second-order valence-corrected chi connectivity index (χ2v) is 6.95. The van der Waals surface area contributed by atoms with Crippen LogP contribution in [0.25, 0.3) is 33.4 Å². The standard InChI is InChI=1S/C21H15ClN2O4/c1-10-7-18(28-24-10)20-19(12-3-6-17(26)14(8-12)11(2)25)15-9-13(22)4-5-16(15)23-21(20)27/h3-9,26H,1-2H3,(H,23,27). The number of carbonyl (C=O) groups excluding carboxylic acids is 1. The van der Waals surface area contributed by atoms with E-state index in [1.54, 1.807) is 43.3 Å². The van der Waals surface area contributed by atoms with Gasteiger partial charge in [-0.25, -0.2) is 0 Å². The second kappa shape index (κ2) is 6.65. The number of aromatic nitrogens is 2. The molecule has 2 aromatic carbocycles. The van der Waals surface area contributed by atoms with Gasteiger partial charge in [-0.15, -0.1) is 0 Å². The number of pyridine rings is 1. The smallest absolute Gasteiger partial charge is 0.260 e. The number of aromatic amines is 1. The van der Waals surface area contributed by atoms with Crippen LogP contribution in [0.1, 0.15) is 23.0 Å². The fraction of sp³-hybridized carbons (Fsp3) is 0.0952. The van der Waals surface area contributed by atoms with Gasteiger partial charge in [0.25, 0.3) is 5.56 Å². The van der Waals surface area contributed by atoms with Crippen molar-refractivity contribution in [2.45, 2.75) is 13.8 Å². The lowest BCUT2D eigenvalue weighted by Crippen LogP contribution is -2.11. The van der Waals surface area contributed by atoms with Crippen LogP contribution in [0, 0.1) is 6.92 Å². The number of nitrogens with zero attached hydrogens (tertiary/aromatic N) is 1. The predicted octanol–water partition coefficient (Wildman–Crippen LogP) is 4.72. The fourth-order valence-corrected chi connectivity index (χ4v) is 3.43. The molecule has 0 aliphatic heterocycles. The van der Waals surface area contributed by atoms with Crippen molar-refractivity contribution < 1.29 is 14.4 Å². The van der Waals surface area contributed by atoms with Crippen LogP contribution in [-0.2, 0) is 0 Å². The summed E-state index contributed by atoms with van der Waals surface area (Å²) in [5.41, 5.74) is 2.40. The Bertz CT molecular complexity index is 1300. The molecule has 2 N–H and O–H groups in total. The van der Waals surface area contributed by atoms with Crippen LogP contribution in [0.4, 0.5) is 0 Å². The van der Waals surface area contributed by atoms with Crippen LogP contribution >= 0.6 is 11.6 Å². The van der Waals surface area contributed by atoms with Crippen LogP contribution in [-0.4, -0.2) is 21.0 Å². The van der Waals surface area contributed by atoms with Gasteiger partial charge < -0.3 is 14.6 Å². The van der Waals surface area contributed by atoms with Gasteiger partial charge in [-0.3, -0.25) is 9.59 Å². The molecule has 0 atom stereocenters. The van der Waals surface area contributed by atoms with Gasteiger partial charge in [-0.05, 0) is 49.7 Å². The monoisotopic (exact) mass is 394 g/mol. The van der Waals surface area contributed by atoms with Crippen molar-refractivity contribution >= 4 is 28.3 Å². The number of phenolic OH excluding ortho intramolecular Hbond substituents is 1. The molecule has 4 aromatic rings. The van der Waals surface area contributed by atoms with Crippen LogP contribution in [0.2, 0.25) is 5.02 Å². The highest BCUT2D eigenvalue weighted by atomic mass is 35.5. The first-order valence-electron chi connectivity index (χ1n) is 8.48. The summed E-state index contributed by atoms with van der Waals surface area (Å²) in [6.07, 6.45) is 0. The maximum absolute atomic E-state index is 12.9. The van der Waals surface area contributed by atoms with Gasteiger partial charge in [0.2, 0.25) is 0 Å². The summed E-state index contributed by atoms with van der Waals surface area (Å²) in [4.78, 5) is 27.7. The number of H-pyrrole nitrogens is 1. The zero-order valence-electron chi connectivity index (χ0n) is 15.0. The SMILES string of the molecule is CC(=O)c1cc(-c2c(-c3cc(C)no3)c(=O)[nH]c3ccc(Cl)cc23)ccc1O.